The maximum atomic E-state index is 9.39. The molecule has 6 nitrogen and oxygen atoms in total. The molecule has 0 aliphatic carbocycles. The summed E-state index contributed by atoms with van der Waals surface area (Å²) in [6.07, 6.45) is 3.26. The zero-order chi connectivity index (χ0) is 14.7. The summed E-state index contributed by atoms with van der Waals surface area (Å²) in [5.41, 5.74) is 8.48. The van der Waals surface area contributed by atoms with E-state index in [4.69, 9.17) is 5.73 Å². The maximum absolute atomic E-state index is 9.39. The molecule has 0 aromatic carbocycles. The van der Waals surface area contributed by atoms with Crippen molar-refractivity contribution in [2.24, 2.45) is 0 Å². The van der Waals surface area contributed by atoms with E-state index in [0.717, 1.165) is 0 Å². The molecule has 0 atom stereocenters. The van der Waals surface area contributed by atoms with Crippen molar-refractivity contribution >= 4 is 5.69 Å². The van der Waals surface area contributed by atoms with Gasteiger partial charge in [-0.1, -0.05) is 12.1 Å². The average Bonchev–Trinajstić information content (AvgIpc) is 2.56. The average molecular weight is 274 g/mol. The molecule has 0 amide bonds. The standard InChI is InChI=1S/C15H10N6/c16-9-10-13(17)15(12-6-2-4-8-19-12)21-20-14(10)11-5-1-3-7-18-11/h1-8H,(H2,17,20). The zero-order valence-corrected chi connectivity index (χ0v) is 10.9. The van der Waals surface area contributed by atoms with Crippen molar-refractivity contribution in [3.63, 3.8) is 0 Å². The third kappa shape index (κ3) is 2.28. The van der Waals surface area contributed by atoms with Crippen LogP contribution in [0.4, 0.5) is 5.69 Å². The van der Waals surface area contributed by atoms with Crippen molar-refractivity contribution in [2.45, 2.75) is 0 Å². The predicted molar refractivity (Wildman–Crippen MR) is 77.6 cm³/mol. The number of pyridine rings is 2. The van der Waals surface area contributed by atoms with Crippen molar-refractivity contribution < 1.29 is 0 Å². The third-order valence-electron chi connectivity index (χ3n) is 2.94. The normalized spacial score (nSPS) is 10.0. The first-order valence-corrected chi connectivity index (χ1v) is 6.20. The summed E-state index contributed by atoms with van der Waals surface area (Å²) in [5, 5.41) is 17.6. The molecule has 0 saturated heterocycles. The van der Waals surface area contributed by atoms with Crippen molar-refractivity contribution in [3.05, 3.63) is 54.4 Å². The summed E-state index contributed by atoms with van der Waals surface area (Å²) >= 11 is 0. The Hall–Kier alpha value is -3.33. The molecule has 0 bridgehead atoms. The first kappa shape index (κ1) is 12.7. The fourth-order valence-corrected chi connectivity index (χ4v) is 1.94. The van der Waals surface area contributed by atoms with Gasteiger partial charge in [0.2, 0.25) is 0 Å². The first-order chi connectivity index (χ1) is 10.3. The smallest absolute Gasteiger partial charge is 0.136 e. The van der Waals surface area contributed by atoms with Gasteiger partial charge in [-0.2, -0.15) is 5.26 Å². The van der Waals surface area contributed by atoms with Gasteiger partial charge in [0.15, 0.2) is 0 Å². The molecule has 0 aliphatic rings. The molecule has 0 radical (unpaired) electrons. The minimum absolute atomic E-state index is 0.254. The van der Waals surface area contributed by atoms with E-state index >= 15 is 0 Å². The van der Waals surface area contributed by atoms with Crippen molar-refractivity contribution in [1.29, 1.82) is 5.26 Å². The molecule has 0 fully saturated rings. The predicted octanol–water partition coefficient (Wildman–Crippen LogP) is 2.05. The highest BCUT2D eigenvalue weighted by Gasteiger charge is 2.17. The lowest BCUT2D eigenvalue weighted by Crippen LogP contribution is -2.04. The summed E-state index contributed by atoms with van der Waals surface area (Å²) in [6.45, 7) is 0. The maximum Gasteiger partial charge on any atom is 0.136 e. The van der Waals surface area contributed by atoms with Gasteiger partial charge in [-0.3, -0.25) is 9.97 Å². The Balaban J connectivity index is 2.20. The van der Waals surface area contributed by atoms with Crippen LogP contribution in [-0.2, 0) is 0 Å². The Morgan fingerprint density at radius 2 is 1.43 bits per heavy atom. The summed E-state index contributed by atoms with van der Waals surface area (Å²) < 4.78 is 0. The lowest BCUT2D eigenvalue weighted by Gasteiger charge is -2.08. The SMILES string of the molecule is N#Cc1c(-c2ccccn2)nnc(-c2ccccn2)c1N. The quantitative estimate of drug-likeness (QED) is 0.767. The van der Waals surface area contributed by atoms with Gasteiger partial charge in [0, 0.05) is 12.4 Å². The summed E-state index contributed by atoms with van der Waals surface area (Å²) in [4.78, 5) is 8.36. The minimum Gasteiger partial charge on any atom is -0.396 e. The Morgan fingerprint density at radius 1 is 0.857 bits per heavy atom. The number of rotatable bonds is 2. The van der Waals surface area contributed by atoms with E-state index in [1.54, 1.807) is 36.7 Å². The van der Waals surface area contributed by atoms with Gasteiger partial charge in [0.1, 0.15) is 23.0 Å². The Morgan fingerprint density at radius 3 is 1.95 bits per heavy atom. The van der Waals surface area contributed by atoms with E-state index in [1.165, 1.54) is 0 Å². The molecule has 0 unspecified atom stereocenters. The molecule has 3 aromatic heterocycles. The summed E-state index contributed by atoms with van der Waals surface area (Å²) in [5.74, 6) is 0. The van der Waals surface area contributed by atoms with Gasteiger partial charge in [-0.15, -0.1) is 10.2 Å². The number of anilines is 1. The zero-order valence-electron chi connectivity index (χ0n) is 10.9. The van der Waals surface area contributed by atoms with E-state index in [-0.39, 0.29) is 11.3 Å². The largest absolute Gasteiger partial charge is 0.396 e. The van der Waals surface area contributed by atoms with Crippen LogP contribution < -0.4 is 5.73 Å². The lowest BCUT2D eigenvalue weighted by atomic mass is 10.1. The van der Waals surface area contributed by atoms with E-state index < -0.39 is 0 Å². The van der Waals surface area contributed by atoms with Crippen molar-refractivity contribution in [2.75, 3.05) is 5.73 Å². The molecule has 2 N–H and O–H groups in total. The van der Waals surface area contributed by atoms with Crippen LogP contribution in [0.25, 0.3) is 22.8 Å². The highest BCUT2D eigenvalue weighted by molar-refractivity contribution is 5.80. The lowest BCUT2D eigenvalue weighted by molar-refractivity contribution is 1.02. The second kappa shape index (κ2) is 5.35. The van der Waals surface area contributed by atoms with Gasteiger partial charge >= 0.3 is 0 Å². The van der Waals surface area contributed by atoms with Crippen LogP contribution >= 0.6 is 0 Å². The van der Waals surface area contributed by atoms with Crippen LogP contribution in [-0.4, -0.2) is 20.2 Å². The summed E-state index contributed by atoms with van der Waals surface area (Å²) in [7, 11) is 0. The molecular formula is C15H10N6. The fourth-order valence-electron chi connectivity index (χ4n) is 1.94. The second-order valence-corrected chi connectivity index (χ2v) is 4.23. The van der Waals surface area contributed by atoms with Gasteiger partial charge in [0.05, 0.1) is 17.1 Å². The van der Waals surface area contributed by atoms with E-state index in [1.807, 2.05) is 12.1 Å². The second-order valence-electron chi connectivity index (χ2n) is 4.23. The van der Waals surface area contributed by atoms with E-state index in [2.05, 4.69) is 26.2 Å². The van der Waals surface area contributed by atoms with E-state index in [9.17, 15) is 5.26 Å². The minimum atomic E-state index is 0.254. The molecule has 3 aromatic rings. The van der Waals surface area contributed by atoms with Crippen LogP contribution in [0.15, 0.2) is 48.8 Å². The number of nitriles is 1. The molecule has 0 saturated carbocycles. The van der Waals surface area contributed by atoms with Gasteiger partial charge < -0.3 is 5.73 Å². The number of nitrogens with zero attached hydrogens (tertiary/aromatic N) is 5. The number of aromatic nitrogens is 4. The van der Waals surface area contributed by atoms with Crippen LogP contribution in [0.1, 0.15) is 5.56 Å². The Bertz CT molecular complexity index is 809. The molecule has 21 heavy (non-hydrogen) atoms. The first-order valence-electron chi connectivity index (χ1n) is 6.20. The molecule has 0 spiro atoms. The van der Waals surface area contributed by atoms with Crippen molar-refractivity contribution in [1.82, 2.24) is 20.2 Å². The fraction of sp³-hybridized carbons (Fsp3) is 0. The van der Waals surface area contributed by atoms with Crippen molar-refractivity contribution in [3.8, 4) is 28.8 Å². The van der Waals surface area contributed by atoms with Gasteiger partial charge in [-0.25, -0.2) is 0 Å². The molecule has 3 heterocycles. The van der Waals surface area contributed by atoms with Gasteiger partial charge in [-0.05, 0) is 24.3 Å². The molecule has 3 rings (SSSR count). The molecule has 6 heteroatoms. The van der Waals surface area contributed by atoms with Gasteiger partial charge in [0.25, 0.3) is 0 Å². The van der Waals surface area contributed by atoms with Crippen LogP contribution in [0, 0.1) is 11.3 Å². The monoisotopic (exact) mass is 274 g/mol. The number of nitrogen functional groups attached to an aromatic ring is 1. The molecule has 0 aliphatic heterocycles. The van der Waals surface area contributed by atoms with E-state index in [0.29, 0.717) is 22.8 Å². The highest BCUT2D eigenvalue weighted by atomic mass is 15.1. The number of hydrogen-bond donors (Lipinski definition) is 1. The van der Waals surface area contributed by atoms with Crippen LogP contribution in [0.5, 0.6) is 0 Å². The van der Waals surface area contributed by atoms with Crippen LogP contribution in [0.3, 0.4) is 0 Å². The third-order valence-corrected chi connectivity index (χ3v) is 2.94. The summed E-state index contributed by atoms with van der Waals surface area (Å²) in [6, 6.07) is 12.8. The van der Waals surface area contributed by atoms with Crippen LogP contribution in [0.2, 0.25) is 0 Å². The number of hydrogen-bond acceptors (Lipinski definition) is 6. The molecule has 100 valence electrons. The Labute approximate surface area is 120 Å². The molecular weight excluding hydrogens is 264 g/mol. The topological polar surface area (TPSA) is 101 Å². The highest BCUT2D eigenvalue weighted by Crippen LogP contribution is 2.29. The number of nitrogens with two attached hydrogens (primary N) is 1. The Kier molecular flexibility index (Phi) is 3.23.